The summed E-state index contributed by atoms with van der Waals surface area (Å²) in [5, 5.41) is 3.52. The zero-order chi connectivity index (χ0) is 25.1. The largest absolute Gasteiger partial charge is 0.487 e. The first-order chi connectivity index (χ1) is 16.8. The van der Waals surface area contributed by atoms with Gasteiger partial charge < -0.3 is 10.1 Å². The van der Waals surface area contributed by atoms with Crippen molar-refractivity contribution >= 4 is 33.2 Å². The third kappa shape index (κ3) is 5.31. The third-order valence-corrected chi connectivity index (χ3v) is 8.59. The van der Waals surface area contributed by atoms with Crippen LogP contribution in [0, 0.1) is 0 Å². The summed E-state index contributed by atoms with van der Waals surface area (Å²) in [5.74, 6) is 0.357. The molecule has 8 heteroatoms. The van der Waals surface area contributed by atoms with Gasteiger partial charge in [0.05, 0.1) is 16.6 Å². The van der Waals surface area contributed by atoms with Gasteiger partial charge in [-0.1, -0.05) is 61.8 Å². The maximum Gasteiger partial charge on any atom is 0.264 e. The maximum atomic E-state index is 13.5. The maximum absolute atomic E-state index is 13.5. The quantitative estimate of drug-likeness (QED) is 0.418. The molecule has 0 unspecified atom stereocenters. The van der Waals surface area contributed by atoms with Crippen molar-refractivity contribution in [3.8, 4) is 5.75 Å². The van der Waals surface area contributed by atoms with Crippen LogP contribution < -0.4 is 14.4 Å². The lowest BCUT2D eigenvalue weighted by Crippen LogP contribution is -2.47. The Hall–Kier alpha value is -3.03. The number of anilines is 1. The van der Waals surface area contributed by atoms with E-state index < -0.39 is 15.9 Å². The van der Waals surface area contributed by atoms with Gasteiger partial charge in [0.2, 0.25) is 5.91 Å². The fourth-order valence-corrected chi connectivity index (χ4v) is 5.99. The SMILES string of the molecule is CCC1(CC)C[C@@H](NC(=O)CN(c2ccccc2)S(=O)(=O)c2ccc(Cl)cc2)c2ccccc2O1. The summed E-state index contributed by atoms with van der Waals surface area (Å²) >= 11 is 5.96. The smallest absolute Gasteiger partial charge is 0.264 e. The summed E-state index contributed by atoms with van der Waals surface area (Å²) in [7, 11) is -4.01. The average Bonchev–Trinajstić information content (AvgIpc) is 2.87. The van der Waals surface area contributed by atoms with Gasteiger partial charge in [0.15, 0.2) is 0 Å². The molecule has 1 N–H and O–H groups in total. The van der Waals surface area contributed by atoms with E-state index in [1.165, 1.54) is 24.3 Å². The van der Waals surface area contributed by atoms with Crippen LogP contribution in [-0.2, 0) is 14.8 Å². The van der Waals surface area contributed by atoms with E-state index in [1.807, 2.05) is 24.3 Å². The minimum Gasteiger partial charge on any atom is -0.487 e. The van der Waals surface area contributed by atoms with Crippen molar-refractivity contribution in [3.63, 3.8) is 0 Å². The second kappa shape index (κ2) is 10.3. The molecule has 0 radical (unpaired) electrons. The summed E-state index contributed by atoms with van der Waals surface area (Å²) in [6, 6.07) is 21.9. The van der Waals surface area contributed by atoms with Crippen LogP contribution in [0.3, 0.4) is 0 Å². The van der Waals surface area contributed by atoms with Crippen LogP contribution in [0.1, 0.15) is 44.7 Å². The molecule has 1 heterocycles. The Bertz CT molecular complexity index is 1280. The zero-order valence-corrected chi connectivity index (χ0v) is 21.4. The molecule has 6 nitrogen and oxygen atoms in total. The molecule has 0 fully saturated rings. The molecule has 0 aliphatic carbocycles. The Kier molecular flexibility index (Phi) is 7.38. The zero-order valence-electron chi connectivity index (χ0n) is 19.8. The Labute approximate surface area is 211 Å². The molecule has 1 atom stereocenters. The van der Waals surface area contributed by atoms with Crippen LogP contribution in [-0.4, -0.2) is 26.5 Å². The highest BCUT2D eigenvalue weighted by Gasteiger charge is 2.39. The molecule has 1 aliphatic rings. The Morgan fingerprint density at radius 2 is 1.63 bits per heavy atom. The molecule has 0 saturated heterocycles. The Balaban J connectivity index is 1.63. The van der Waals surface area contributed by atoms with Crippen LogP contribution in [0.25, 0.3) is 0 Å². The minimum absolute atomic E-state index is 0.0611. The molecule has 0 spiro atoms. The van der Waals surface area contributed by atoms with Gasteiger partial charge in [-0.05, 0) is 55.3 Å². The second-order valence-corrected chi connectivity index (χ2v) is 11.0. The first-order valence-corrected chi connectivity index (χ1v) is 13.5. The predicted octanol–water partition coefficient (Wildman–Crippen LogP) is 5.73. The number of benzene rings is 3. The first kappa shape index (κ1) is 25.1. The molecule has 3 aromatic carbocycles. The highest BCUT2D eigenvalue weighted by Crippen LogP contribution is 2.42. The van der Waals surface area contributed by atoms with Gasteiger partial charge in [-0.25, -0.2) is 8.42 Å². The number of hydrogen-bond acceptors (Lipinski definition) is 4. The molecule has 3 aromatic rings. The standard InChI is InChI=1S/C27H29ClN2O4S/c1-3-27(4-2)18-24(23-12-8-9-13-25(23)34-27)29-26(31)19-30(21-10-6-5-7-11-21)35(32,33)22-16-14-20(28)15-17-22/h5-17,24H,3-4,18-19H2,1-2H3,(H,29,31)/t24-/m1/s1. The molecule has 0 aromatic heterocycles. The van der Waals surface area contributed by atoms with Crippen molar-refractivity contribution in [1.29, 1.82) is 0 Å². The van der Waals surface area contributed by atoms with Gasteiger partial charge >= 0.3 is 0 Å². The van der Waals surface area contributed by atoms with Gasteiger partial charge in [-0.15, -0.1) is 0 Å². The number of amides is 1. The number of sulfonamides is 1. The van der Waals surface area contributed by atoms with Gasteiger partial charge in [0.1, 0.15) is 17.9 Å². The van der Waals surface area contributed by atoms with Gasteiger partial charge in [0, 0.05) is 17.0 Å². The number of carbonyl (C=O) groups is 1. The fourth-order valence-electron chi connectivity index (χ4n) is 4.44. The summed E-state index contributed by atoms with van der Waals surface area (Å²) in [6.45, 7) is 3.79. The lowest BCUT2D eigenvalue weighted by Gasteiger charge is -2.41. The van der Waals surface area contributed by atoms with E-state index in [-0.39, 0.29) is 23.1 Å². The number of hydrogen-bond donors (Lipinski definition) is 1. The van der Waals surface area contributed by atoms with Crippen molar-refractivity contribution in [2.45, 2.75) is 49.6 Å². The normalized spacial score (nSPS) is 16.6. The van der Waals surface area contributed by atoms with Crippen LogP contribution in [0.15, 0.2) is 83.8 Å². The van der Waals surface area contributed by atoms with Crippen molar-refractivity contribution in [2.24, 2.45) is 0 Å². The van der Waals surface area contributed by atoms with Crippen LogP contribution in [0.4, 0.5) is 5.69 Å². The molecule has 184 valence electrons. The molecule has 4 rings (SSSR count). The van der Waals surface area contributed by atoms with Crippen molar-refractivity contribution < 1.29 is 17.9 Å². The molecular formula is C27H29ClN2O4S. The van der Waals surface area contributed by atoms with E-state index in [1.54, 1.807) is 30.3 Å². The highest BCUT2D eigenvalue weighted by molar-refractivity contribution is 7.92. The topological polar surface area (TPSA) is 75.7 Å². The van der Waals surface area contributed by atoms with Crippen molar-refractivity contribution in [3.05, 3.63) is 89.4 Å². The number of para-hydroxylation sites is 2. The lowest BCUT2D eigenvalue weighted by molar-refractivity contribution is -0.121. The molecular weight excluding hydrogens is 484 g/mol. The summed E-state index contributed by atoms with van der Waals surface area (Å²) < 4.78 is 34.6. The predicted molar refractivity (Wildman–Crippen MR) is 138 cm³/mol. The fraction of sp³-hybridized carbons (Fsp3) is 0.296. The van der Waals surface area contributed by atoms with Crippen LogP contribution in [0.5, 0.6) is 5.75 Å². The number of nitrogens with zero attached hydrogens (tertiary/aromatic N) is 1. The van der Waals surface area contributed by atoms with E-state index >= 15 is 0 Å². The third-order valence-electron chi connectivity index (χ3n) is 6.55. The molecule has 0 saturated carbocycles. The number of nitrogens with one attached hydrogen (secondary N) is 1. The number of halogens is 1. The van der Waals surface area contributed by atoms with E-state index in [0.717, 1.165) is 28.5 Å². The first-order valence-electron chi connectivity index (χ1n) is 11.7. The van der Waals surface area contributed by atoms with E-state index in [4.69, 9.17) is 16.3 Å². The summed E-state index contributed by atoms with van der Waals surface area (Å²) in [5.41, 5.74) is 0.910. The van der Waals surface area contributed by atoms with Crippen LogP contribution >= 0.6 is 11.6 Å². The molecule has 0 bridgehead atoms. The van der Waals surface area contributed by atoms with Crippen LogP contribution in [0.2, 0.25) is 5.02 Å². The summed E-state index contributed by atoms with van der Waals surface area (Å²) in [4.78, 5) is 13.4. The van der Waals surface area contributed by atoms with Gasteiger partial charge in [-0.2, -0.15) is 0 Å². The second-order valence-electron chi connectivity index (χ2n) is 8.66. The monoisotopic (exact) mass is 512 g/mol. The highest BCUT2D eigenvalue weighted by atomic mass is 35.5. The molecule has 1 aliphatic heterocycles. The van der Waals surface area contributed by atoms with Gasteiger partial charge in [0.25, 0.3) is 10.0 Å². The number of rotatable bonds is 8. The summed E-state index contributed by atoms with van der Waals surface area (Å²) in [6.07, 6.45) is 2.20. The minimum atomic E-state index is -4.01. The van der Waals surface area contributed by atoms with Crippen molar-refractivity contribution in [1.82, 2.24) is 5.32 Å². The molecule has 1 amide bonds. The van der Waals surface area contributed by atoms with E-state index in [2.05, 4.69) is 19.2 Å². The Morgan fingerprint density at radius 1 is 1.00 bits per heavy atom. The van der Waals surface area contributed by atoms with E-state index in [0.29, 0.717) is 17.1 Å². The Morgan fingerprint density at radius 3 is 2.29 bits per heavy atom. The lowest BCUT2D eigenvalue weighted by atomic mass is 9.83. The average molecular weight is 513 g/mol. The number of fused-ring (bicyclic) bond motifs is 1. The number of ether oxygens (including phenoxy) is 1. The molecule has 35 heavy (non-hydrogen) atoms. The van der Waals surface area contributed by atoms with E-state index in [9.17, 15) is 13.2 Å². The van der Waals surface area contributed by atoms with Gasteiger partial charge in [-0.3, -0.25) is 9.10 Å². The number of carbonyl (C=O) groups excluding carboxylic acids is 1. The van der Waals surface area contributed by atoms with Crippen molar-refractivity contribution in [2.75, 3.05) is 10.8 Å².